The summed E-state index contributed by atoms with van der Waals surface area (Å²) >= 11 is 0. The van der Waals surface area contributed by atoms with Gasteiger partial charge in [0.2, 0.25) is 5.82 Å². The molecule has 8 aromatic rings. The van der Waals surface area contributed by atoms with E-state index in [1.807, 2.05) is 29.1 Å². The predicted octanol–water partition coefficient (Wildman–Crippen LogP) is 9.24. The van der Waals surface area contributed by atoms with Gasteiger partial charge in [-0.3, -0.25) is 0 Å². The highest BCUT2D eigenvalue weighted by molar-refractivity contribution is 6.10. The molecule has 0 aliphatic carbocycles. The van der Waals surface area contributed by atoms with Crippen LogP contribution in [0, 0.1) is 0 Å². The Hall–Kier alpha value is -6.02. The van der Waals surface area contributed by atoms with E-state index in [4.69, 9.17) is 20.1 Å². The van der Waals surface area contributed by atoms with Crippen LogP contribution in [-0.2, 0) is 18.5 Å². The van der Waals surface area contributed by atoms with Gasteiger partial charge in [0.15, 0.2) is 35.3 Å². The molecule has 266 valence electrons. The first-order chi connectivity index (χ1) is 26.6. The van der Waals surface area contributed by atoms with Crippen molar-refractivity contribution in [3.05, 3.63) is 126 Å². The number of benzene rings is 3. The molecule has 0 saturated heterocycles. The molecule has 5 aromatic heterocycles. The van der Waals surface area contributed by atoms with Gasteiger partial charge in [-0.2, -0.15) is 4.57 Å². The van der Waals surface area contributed by atoms with Crippen molar-refractivity contribution < 1.29 is 9.13 Å². The lowest BCUT2D eigenvalue weighted by molar-refractivity contribution is -0.754. The second kappa shape index (κ2) is 12.5. The van der Waals surface area contributed by atoms with Gasteiger partial charge in [0.1, 0.15) is 5.69 Å². The fourth-order valence-electron chi connectivity index (χ4n) is 9.46. The second-order valence-electron chi connectivity index (χ2n) is 14.8. The molecule has 1 atom stereocenters. The van der Waals surface area contributed by atoms with Crippen LogP contribution < -0.4 is 9.13 Å². The number of pyridine rings is 2. The van der Waals surface area contributed by atoms with Crippen LogP contribution >= 0.6 is 0 Å². The van der Waals surface area contributed by atoms with Crippen molar-refractivity contribution in [2.75, 3.05) is 0 Å². The van der Waals surface area contributed by atoms with Crippen LogP contribution in [0.4, 0.5) is 0 Å². The molecule has 3 aromatic carbocycles. The molecule has 0 N–H and O–H groups in total. The van der Waals surface area contributed by atoms with E-state index in [0.29, 0.717) is 5.82 Å². The van der Waals surface area contributed by atoms with Crippen LogP contribution in [0.25, 0.3) is 73.3 Å². The smallest absolute Gasteiger partial charge is 0.341 e. The quantitative estimate of drug-likeness (QED) is 0.148. The highest BCUT2D eigenvalue weighted by Crippen LogP contribution is 2.48. The van der Waals surface area contributed by atoms with Crippen LogP contribution in [0.1, 0.15) is 70.5 Å². The van der Waals surface area contributed by atoms with Crippen LogP contribution in [-0.4, -0.2) is 29.3 Å². The van der Waals surface area contributed by atoms with Crippen molar-refractivity contribution in [2.45, 2.75) is 77.9 Å². The first-order valence-corrected chi connectivity index (χ1v) is 19.6. The predicted molar refractivity (Wildman–Crippen MR) is 215 cm³/mol. The lowest BCUT2D eigenvalue weighted by atomic mass is 9.78. The average molecular weight is 709 g/mol. The van der Waals surface area contributed by atoms with Crippen LogP contribution in [0.3, 0.4) is 0 Å². The highest BCUT2D eigenvalue weighted by atomic mass is 15.4. The number of aryl methyl sites for hydroxylation is 2. The van der Waals surface area contributed by atoms with Crippen molar-refractivity contribution in [2.24, 2.45) is 0 Å². The summed E-state index contributed by atoms with van der Waals surface area (Å²) in [6.07, 6.45) is 13.4. The van der Waals surface area contributed by atoms with E-state index in [1.165, 1.54) is 56.9 Å². The van der Waals surface area contributed by atoms with Crippen molar-refractivity contribution in [1.29, 1.82) is 0 Å². The third-order valence-corrected chi connectivity index (χ3v) is 12.1. The molecule has 0 fully saturated rings. The van der Waals surface area contributed by atoms with E-state index in [2.05, 4.69) is 127 Å². The summed E-state index contributed by atoms with van der Waals surface area (Å²) in [5.41, 5.74) is 12.3. The van der Waals surface area contributed by atoms with Gasteiger partial charge in [0.25, 0.3) is 5.69 Å². The maximum Gasteiger partial charge on any atom is 0.350 e. The Kier molecular flexibility index (Phi) is 7.58. The Balaban J connectivity index is 1.30. The lowest BCUT2D eigenvalue weighted by Crippen LogP contribution is -2.60. The van der Waals surface area contributed by atoms with Crippen molar-refractivity contribution in [1.82, 2.24) is 29.3 Å². The molecule has 0 bridgehead atoms. The normalized spacial score (nSPS) is 15.6. The number of fused-ring (bicyclic) bond motifs is 11. The van der Waals surface area contributed by atoms with Crippen molar-refractivity contribution in [3.63, 3.8) is 0 Å². The summed E-state index contributed by atoms with van der Waals surface area (Å²) in [5.74, 6) is 1.54. The summed E-state index contributed by atoms with van der Waals surface area (Å²) in [6.45, 7) is 10.1. The van der Waals surface area contributed by atoms with Gasteiger partial charge in [-0.15, -0.1) is 5.10 Å². The van der Waals surface area contributed by atoms with Gasteiger partial charge >= 0.3 is 5.65 Å². The van der Waals surface area contributed by atoms with E-state index in [9.17, 15) is 0 Å². The number of aromatic nitrogens is 8. The molecule has 0 saturated carbocycles. The number of allylic oxidation sites excluding steroid dienone is 1. The number of rotatable bonds is 8. The Morgan fingerprint density at radius 1 is 0.778 bits per heavy atom. The van der Waals surface area contributed by atoms with E-state index >= 15 is 0 Å². The molecule has 0 radical (unpaired) electrons. The zero-order chi connectivity index (χ0) is 36.6. The van der Waals surface area contributed by atoms with Gasteiger partial charge in [-0.1, -0.05) is 69.7 Å². The maximum atomic E-state index is 5.22. The number of unbranched alkanes of at least 4 members (excludes halogenated alkanes) is 1. The zero-order valence-electron chi connectivity index (χ0n) is 31.4. The molecular formula is C46H44N8+2. The third-order valence-electron chi connectivity index (χ3n) is 12.1. The van der Waals surface area contributed by atoms with Crippen molar-refractivity contribution >= 4 is 39.2 Å². The highest BCUT2D eigenvalue weighted by Gasteiger charge is 2.53. The van der Waals surface area contributed by atoms with Crippen molar-refractivity contribution in [3.8, 4) is 34.2 Å². The monoisotopic (exact) mass is 708 g/mol. The summed E-state index contributed by atoms with van der Waals surface area (Å²) < 4.78 is 9.45. The topological polar surface area (TPSA) is 69.2 Å². The van der Waals surface area contributed by atoms with E-state index in [1.54, 1.807) is 6.20 Å². The number of hydrogen-bond acceptors (Lipinski definition) is 4. The van der Waals surface area contributed by atoms with Crippen LogP contribution in [0.15, 0.2) is 115 Å². The molecule has 7 heterocycles. The summed E-state index contributed by atoms with van der Waals surface area (Å²) in [6, 6.07) is 33.0. The van der Waals surface area contributed by atoms with Gasteiger partial charge in [-0.25, -0.2) is 19.2 Å². The van der Waals surface area contributed by atoms with Crippen LogP contribution in [0.5, 0.6) is 0 Å². The number of hydrogen-bond donors (Lipinski definition) is 0. The minimum atomic E-state index is -0.395. The minimum Gasteiger partial charge on any atom is -0.341 e. The molecule has 0 spiro atoms. The summed E-state index contributed by atoms with van der Waals surface area (Å²) in [4.78, 5) is 15.1. The van der Waals surface area contributed by atoms with Crippen LogP contribution in [0.2, 0.25) is 0 Å². The van der Waals surface area contributed by atoms with E-state index in [-0.39, 0.29) is 6.04 Å². The van der Waals surface area contributed by atoms with Gasteiger partial charge in [0.05, 0.1) is 11.8 Å². The molecule has 10 rings (SSSR count). The Bertz CT molecular complexity index is 2790. The molecule has 2 aliphatic heterocycles. The van der Waals surface area contributed by atoms with Gasteiger partial charge in [0, 0.05) is 76.2 Å². The molecule has 1 unspecified atom stereocenters. The Morgan fingerprint density at radius 2 is 1.59 bits per heavy atom. The first kappa shape index (κ1) is 32.6. The lowest BCUT2D eigenvalue weighted by Gasteiger charge is -2.31. The average Bonchev–Trinajstić information content (AvgIpc) is 3.87. The Labute approximate surface area is 315 Å². The fraction of sp³-hybridized carbons (Fsp3) is 0.261. The molecular weight excluding hydrogens is 665 g/mol. The number of nitrogens with zero attached hydrogens (tertiary/aromatic N) is 8. The molecule has 0 amide bonds. The fourth-order valence-corrected chi connectivity index (χ4v) is 9.46. The third kappa shape index (κ3) is 4.61. The zero-order valence-corrected chi connectivity index (χ0v) is 31.4. The second-order valence-corrected chi connectivity index (χ2v) is 14.8. The van der Waals surface area contributed by atoms with E-state index in [0.717, 1.165) is 59.7 Å². The van der Waals surface area contributed by atoms with Gasteiger partial charge in [-0.05, 0) is 66.7 Å². The standard InChI is InChI=1S/C46H44N8/c1-5-9-15-30-19-20-32-33-27-35-34(28-41(33)51(8-4)40(32)26-30)38-22-21-37-44(48-24-23-47-37)54(38)42(35)36-29-53-45(49-43(50-53)31-16-11-10-12-17-31)39-18-13-14-25-52(39)46(36,6-2)7-3/h10-14,16-29,42H,5-9,15H2,1-4H3/q+2. The molecule has 8 nitrogen and oxygen atoms in total. The van der Waals surface area contributed by atoms with Gasteiger partial charge < -0.3 is 4.57 Å². The molecule has 8 heteroatoms. The first-order valence-electron chi connectivity index (χ1n) is 19.6. The summed E-state index contributed by atoms with van der Waals surface area (Å²) in [7, 11) is 0. The molecule has 2 aliphatic rings. The summed E-state index contributed by atoms with van der Waals surface area (Å²) in [5, 5.41) is 7.81. The molecule has 54 heavy (non-hydrogen) atoms. The SMILES string of the molecule is CCCCc1ccc2c3cc4c(cc3n(CC)c2c1)-c1ccc2nccnc2[n+]1C4C1=Cn2nc(-c3ccccc3)nc2-c2cccc[n+]2C1(CC)CC. The minimum absolute atomic E-state index is 0.181. The largest absolute Gasteiger partial charge is 0.350 e. The maximum absolute atomic E-state index is 5.22. The Morgan fingerprint density at radius 3 is 2.41 bits per heavy atom. The van der Waals surface area contributed by atoms with E-state index < -0.39 is 5.54 Å².